The molecule has 6 nitrogen and oxygen atoms in total. The summed E-state index contributed by atoms with van der Waals surface area (Å²) in [5.41, 5.74) is 1.12. The Morgan fingerprint density at radius 3 is 2.45 bits per heavy atom. The van der Waals surface area contributed by atoms with Crippen molar-refractivity contribution in [3.05, 3.63) is 59.9 Å². The van der Waals surface area contributed by atoms with Gasteiger partial charge in [-0.1, -0.05) is 29.8 Å². The van der Waals surface area contributed by atoms with Gasteiger partial charge in [-0.15, -0.1) is 0 Å². The zero-order valence-corrected chi connectivity index (χ0v) is 17.7. The molecule has 158 valence electrons. The summed E-state index contributed by atoms with van der Waals surface area (Å²) < 4.78 is 44.6. The molecule has 0 radical (unpaired) electrons. The van der Waals surface area contributed by atoms with Gasteiger partial charge in [0.2, 0.25) is 15.9 Å². The molecular formula is C21H27FN2O4S. The van der Waals surface area contributed by atoms with E-state index in [2.05, 4.69) is 5.32 Å². The van der Waals surface area contributed by atoms with Gasteiger partial charge in [-0.05, 0) is 44.5 Å². The van der Waals surface area contributed by atoms with E-state index >= 15 is 0 Å². The number of amides is 1. The normalized spacial score (nSPS) is 12.3. The van der Waals surface area contributed by atoms with Crippen LogP contribution in [0.1, 0.15) is 25.3 Å². The number of hydrogen-bond donors (Lipinski definition) is 1. The van der Waals surface area contributed by atoms with Crippen LogP contribution >= 0.6 is 0 Å². The molecule has 0 spiro atoms. The van der Waals surface area contributed by atoms with E-state index < -0.39 is 15.8 Å². The molecule has 0 bridgehead atoms. The van der Waals surface area contributed by atoms with Crippen molar-refractivity contribution in [2.75, 3.05) is 23.7 Å². The lowest BCUT2D eigenvalue weighted by molar-refractivity contribution is -0.121. The van der Waals surface area contributed by atoms with Crippen LogP contribution in [0.2, 0.25) is 0 Å². The molecule has 2 rings (SSSR count). The maximum Gasteiger partial charge on any atom is 0.232 e. The lowest BCUT2D eigenvalue weighted by Gasteiger charge is -2.23. The number of anilines is 1. The summed E-state index contributed by atoms with van der Waals surface area (Å²) in [4.78, 5) is 12.1. The van der Waals surface area contributed by atoms with Gasteiger partial charge in [-0.2, -0.15) is 0 Å². The highest BCUT2D eigenvalue weighted by Crippen LogP contribution is 2.21. The maximum atomic E-state index is 14.0. The Hall–Kier alpha value is -2.61. The molecule has 0 aliphatic heterocycles. The Balaban J connectivity index is 1.81. The fraction of sp³-hybridized carbons (Fsp3) is 0.381. The lowest BCUT2D eigenvalue weighted by Crippen LogP contribution is -2.37. The van der Waals surface area contributed by atoms with Gasteiger partial charge in [-0.3, -0.25) is 9.10 Å². The van der Waals surface area contributed by atoms with Crippen LogP contribution in [0.15, 0.2) is 48.5 Å². The molecule has 1 atom stereocenters. The number of benzene rings is 2. The Morgan fingerprint density at radius 1 is 1.17 bits per heavy atom. The van der Waals surface area contributed by atoms with Crippen molar-refractivity contribution >= 4 is 21.6 Å². The number of halogens is 1. The minimum atomic E-state index is -3.66. The average molecular weight is 423 g/mol. The topological polar surface area (TPSA) is 75.7 Å². The molecule has 0 aromatic heterocycles. The largest absolute Gasteiger partial charge is 0.491 e. The fourth-order valence-electron chi connectivity index (χ4n) is 2.75. The van der Waals surface area contributed by atoms with Crippen LogP contribution in [0.3, 0.4) is 0 Å². The highest BCUT2D eigenvalue weighted by atomic mass is 32.2. The molecule has 8 heteroatoms. The first-order valence-electron chi connectivity index (χ1n) is 9.38. The third kappa shape index (κ3) is 7.38. The Kier molecular flexibility index (Phi) is 8.01. The first kappa shape index (κ1) is 22.7. The van der Waals surface area contributed by atoms with Gasteiger partial charge in [-0.25, -0.2) is 12.8 Å². The summed E-state index contributed by atoms with van der Waals surface area (Å²) in [5.74, 6) is -0.110. The molecule has 0 aliphatic carbocycles. The summed E-state index contributed by atoms with van der Waals surface area (Å²) in [6, 6.07) is 13.1. The molecule has 2 aromatic rings. The van der Waals surface area contributed by atoms with Crippen LogP contribution in [0.25, 0.3) is 0 Å². The number of nitrogens with one attached hydrogen (secondary N) is 1. The second kappa shape index (κ2) is 10.2. The van der Waals surface area contributed by atoms with Crippen molar-refractivity contribution in [2.24, 2.45) is 0 Å². The van der Waals surface area contributed by atoms with E-state index in [0.29, 0.717) is 6.61 Å². The first-order chi connectivity index (χ1) is 13.7. The second-order valence-electron chi connectivity index (χ2n) is 6.98. The summed E-state index contributed by atoms with van der Waals surface area (Å²) in [6.07, 6.45) is 1.40. The zero-order valence-electron chi connectivity index (χ0n) is 16.9. The van der Waals surface area contributed by atoms with E-state index in [0.717, 1.165) is 21.9 Å². The fourth-order valence-corrected chi connectivity index (χ4v) is 3.71. The van der Waals surface area contributed by atoms with Crippen LogP contribution in [-0.4, -0.2) is 39.8 Å². The van der Waals surface area contributed by atoms with Gasteiger partial charge >= 0.3 is 0 Å². The molecule has 0 aliphatic rings. The first-order valence-corrected chi connectivity index (χ1v) is 11.2. The van der Waals surface area contributed by atoms with Gasteiger partial charge in [0.25, 0.3) is 0 Å². The number of carbonyl (C=O) groups is 1. The maximum absolute atomic E-state index is 14.0. The van der Waals surface area contributed by atoms with Crippen LogP contribution in [0.5, 0.6) is 5.75 Å². The molecular weight excluding hydrogens is 395 g/mol. The van der Waals surface area contributed by atoms with Crippen LogP contribution in [0.4, 0.5) is 10.1 Å². The zero-order chi connectivity index (χ0) is 21.4. The molecule has 1 unspecified atom stereocenters. The minimum absolute atomic E-state index is 0.0153. The molecule has 0 saturated carbocycles. The number of sulfonamides is 1. The quantitative estimate of drug-likeness (QED) is 0.638. The van der Waals surface area contributed by atoms with Gasteiger partial charge in [0.1, 0.15) is 18.2 Å². The van der Waals surface area contributed by atoms with E-state index in [1.165, 1.54) is 18.2 Å². The second-order valence-corrected chi connectivity index (χ2v) is 8.89. The number of rotatable bonds is 10. The lowest BCUT2D eigenvalue weighted by atomic mass is 10.2. The summed E-state index contributed by atoms with van der Waals surface area (Å²) in [5, 5.41) is 2.82. The number of carbonyl (C=O) groups excluding carboxylic acids is 1. The number of para-hydroxylation sites is 1. The number of aryl methyl sites for hydroxylation is 1. The van der Waals surface area contributed by atoms with Crippen molar-refractivity contribution in [3.63, 3.8) is 0 Å². The van der Waals surface area contributed by atoms with Crippen LogP contribution in [0, 0.1) is 12.7 Å². The molecule has 1 N–H and O–H groups in total. The third-order valence-electron chi connectivity index (χ3n) is 4.21. The smallest absolute Gasteiger partial charge is 0.232 e. The summed E-state index contributed by atoms with van der Waals surface area (Å²) >= 11 is 0. The summed E-state index contributed by atoms with van der Waals surface area (Å²) in [6.45, 7) is 4.15. The van der Waals surface area contributed by atoms with E-state index in [1.807, 2.05) is 38.1 Å². The molecule has 0 saturated heterocycles. The van der Waals surface area contributed by atoms with Gasteiger partial charge in [0.15, 0.2) is 0 Å². The highest BCUT2D eigenvalue weighted by molar-refractivity contribution is 7.92. The predicted molar refractivity (Wildman–Crippen MR) is 112 cm³/mol. The van der Waals surface area contributed by atoms with Crippen molar-refractivity contribution in [1.82, 2.24) is 5.32 Å². The monoisotopic (exact) mass is 422 g/mol. The third-order valence-corrected chi connectivity index (χ3v) is 5.39. The molecule has 0 fully saturated rings. The van der Waals surface area contributed by atoms with E-state index in [4.69, 9.17) is 4.74 Å². The Morgan fingerprint density at radius 2 is 1.83 bits per heavy atom. The number of nitrogens with zero attached hydrogens (tertiary/aromatic N) is 1. The number of hydrogen-bond acceptors (Lipinski definition) is 4. The van der Waals surface area contributed by atoms with Gasteiger partial charge in [0, 0.05) is 13.0 Å². The van der Waals surface area contributed by atoms with Gasteiger partial charge in [0.05, 0.1) is 18.0 Å². The molecule has 0 heterocycles. The molecule has 1 amide bonds. The van der Waals surface area contributed by atoms with E-state index in [-0.39, 0.29) is 37.0 Å². The van der Waals surface area contributed by atoms with Gasteiger partial charge < -0.3 is 10.1 Å². The highest BCUT2D eigenvalue weighted by Gasteiger charge is 2.20. The number of ether oxygens (including phenoxy) is 1. The van der Waals surface area contributed by atoms with Crippen molar-refractivity contribution in [3.8, 4) is 5.75 Å². The Bertz CT molecular complexity index is 917. The molecule has 2 aromatic carbocycles. The van der Waals surface area contributed by atoms with Crippen molar-refractivity contribution in [1.29, 1.82) is 0 Å². The SMILES string of the molecule is Cc1ccc(OCC(C)NC(=O)CCCN(c2ccccc2F)S(C)(=O)=O)cc1. The average Bonchev–Trinajstić information content (AvgIpc) is 2.65. The standard InChI is InChI=1S/C21H27FN2O4S/c1-16-10-12-18(13-11-16)28-15-17(2)23-21(25)9-6-14-24(29(3,26)27)20-8-5-4-7-19(20)22/h4-5,7-8,10-13,17H,6,9,14-15H2,1-3H3,(H,23,25). The summed E-state index contributed by atoms with van der Waals surface area (Å²) in [7, 11) is -3.66. The molecule has 29 heavy (non-hydrogen) atoms. The van der Waals surface area contributed by atoms with Crippen molar-refractivity contribution < 1.29 is 22.3 Å². The predicted octanol–water partition coefficient (Wildman–Crippen LogP) is 3.26. The van der Waals surface area contributed by atoms with Crippen LogP contribution < -0.4 is 14.4 Å². The minimum Gasteiger partial charge on any atom is -0.491 e. The van der Waals surface area contributed by atoms with E-state index in [1.54, 1.807) is 6.07 Å². The Labute approximate surface area is 171 Å². The van der Waals surface area contributed by atoms with E-state index in [9.17, 15) is 17.6 Å². The van der Waals surface area contributed by atoms with Crippen LogP contribution in [-0.2, 0) is 14.8 Å². The van der Waals surface area contributed by atoms with Crippen molar-refractivity contribution in [2.45, 2.75) is 32.7 Å².